The van der Waals surface area contributed by atoms with Gasteiger partial charge in [-0.05, 0) is 71.6 Å². The van der Waals surface area contributed by atoms with E-state index < -0.39 is 0 Å². The first-order valence-electron chi connectivity index (χ1n) is 13.0. The summed E-state index contributed by atoms with van der Waals surface area (Å²) in [6, 6.07) is 9.38. The standard InChI is InChI=1S/C30H36N6O3/c1-20(2)7-8-21(3)18-36-19-23(16-32-36)29(37)33-24-15-26(30(38)31-17-24)28-14-22-13-25(9-10-27(22)34-28)39-12-6-11-35(4)5/h7-10,13-17,19,34H,6,11-12,18H2,1-5H3,(H,31,38)(H,33,37)/b21-8+. The molecule has 0 bridgehead atoms. The molecule has 0 radical (unpaired) electrons. The number of aromatic amines is 2. The second-order valence-corrected chi connectivity index (χ2v) is 10.2. The lowest BCUT2D eigenvalue weighted by atomic mass is 10.1. The predicted octanol–water partition coefficient (Wildman–Crippen LogP) is 5.22. The van der Waals surface area contributed by atoms with Gasteiger partial charge in [0.05, 0.1) is 41.9 Å². The number of fused-ring (bicyclic) bond motifs is 1. The van der Waals surface area contributed by atoms with Gasteiger partial charge in [0, 0.05) is 29.8 Å². The van der Waals surface area contributed by atoms with E-state index in [1.165, 1.54) is 18.0 Å². The number of nitrogens with zero attached hydrogens (tertiary/aromatic N) is 3. The summed E-state index contributed by atoms with van der Waals surface area (Å²) >= 11 is 0. The van der Waals surface area contributed by atoms with E-state index in [9.17, 15) is 9.59 Å². The predicted molar refractivity (Wildman–Crippen MR) is 156 cm³/mol. The number of hydrogen-bond acceptors (Lipinski definition) is 5. The number of amides is 1. The molecule has 3 N–H and O–H groups in total. The third-order valence-electron chi connectivity index (χ3n) is 6.07. The lowest BCUT2D eigenvalue weighted by molar-refractivity contribution is 0.102. The number of H-pyrrole nitrogens is 2. The lowest BCUT2D eigenvalue weighted by Gasteiger charge is -2.10. The average molecular weight is 529 g/mol. The number of rotatable bonds is 11. The maximum absolute atomic E-state index is 12.9. The zero-order valence-corrected chi connectivity index (χ0v) is 23.2. The number of ether oxygens (including phenoxy) is 1. The molecule has 0 aliphatic rings. The number of carbonyl (C=O) groups is 1. The van der Waals surface area contributed by atoms with Crippen LogP contribution in [0.4, 0.5) is 5.69 Å². The van der Waals surface area contributed by atoms with Gasteiger partial charge in [-0.2, -0.15) is 5.10 Å². The Kier molecular flexibility index (Phi) is 8.83. The minimum absolute atomic E-state index is 0.258. The molecule has 0 saturated carbocycles. The number of benzene rings is 1. The molecule has 0 fully saturated rings. The second-order valence-electron chi connectivity index (χ2n) is 10.2. The fourth-order valence-corrected chi connectivity index (χ4v) is 4.06. The van der Waals surface area contributed by atoms with Crippen molar-refractivity contribution in [2.75, 3.05) is 32.6 Å². The Morgan fingerprint density at radius 3 is 2.74 bits per heavy atom. The smallest absolute Gasteiger partial charge is 0.258 e. The lowest BCUT2D eigenvalue weighted by Crippen LogP contribution is -2.15. The highest BCUT2D eigenvalue weighted by Crippen LogP contribution is 2.27. The summed E-state index contributed by atoms with van der Waals surface area (Å²) in [6.45, 7) is 8.29. The molecular weight excluding hydrogens is 492 g/mol. The average Bonchev–Trinajstić information content (AvgIpc) is 3.53. The minimum Gasteiger partial charge on any atom is -0.494 e. The zero-order chi connectivity index (χ0) is 27.9. The van der Waals surface area contributed by atoms with E-state index >= 15 is 0 Å². The summed E-state index contributed by atoms with van der Waals surface area (Å²) in [7, 11) is 4.08. The third kappa shape index (κ3) is 7.58. The fourth-order valence-electron chi connectivity index (χ4n) is 4.06. The Labute approximate surface area is 228 Å². The van der Waals surface area contributed by atoms with Crippen LogP contribution in [0.2, 0.25) is 0 Å². The van der Waals surface area contributed by atoms with E-state index in [-0.39, 0.29) is 11.5 Å². The minimum atomic E-state index is -0.308. The van der Waals surface area contributed by atoms with Gasteiger partial charge in [-0.3, -0.25) is 14.3 Å². The van der Waals surface area contributed by atoms with Crippen LogP contribution in [0.5, 0.6) is 5.75 Å². The highest BCUT2D eigenvalue weighted by Gasteiger charge is 2.13. The monoisotopic (exact) mass is 528 g/mol. The van der Waals surface area contributed by atoms with Crippen LogP contribution in [-0.4, -0.2) is 57.8 Å². The van der Waals surface area contributed by atoms with E-state index in [1.54, 1.807) is 16.9 Å². The molecule has 3 aromatic heterocycles. The van der Waals surface area contributed by atoms with E-state index in [2.05, 4.69) is 25.3 Å². The Morgan fingerprint density at radius 1 is 1.15 bits per heavy atom. The maximum Gasteiger partial charge on any atom is 0.258 e. The normalized spacial score (nSPS) is 11.7. The molecule has 204 valence electrons. The molecule has 0 saturated heterocycles. The van der Waals surface area contributed by atoms with Crippen molar-refractivity contribution in [3.63, 3.8) is 0 Å². The Hall–Kier alpha value is -4.37. The molecule has 9 heteroatoms. The van der Waals surface area contributed by atoms with Gasteiger partial charge in [0.1, 0.15) is 5.75 Å². The summed E-state index contributed by atoms with van der Waals surface area (Å²) in [4.78, 5) is 33.7. The highest BCUT2D eigenvalue weighted by atomic mass is 16.5. The molecule has 3 heterocycles. The third-order valence-corrected chi connectivity index (χ3v) is 6.07. The molecule has 39 heavy (non-hydrogen) atoms. The van der Waals surface area contributed by atoms with Gasteiger partial charge in [0.25, 0.3) is 11.5 Å². The zero-order valence-electron chi connectivity index (χ0n) is 23.2. The molecule has 0 unspecified atom stereocenters. The molecule has 0 atom stereocenters. The number of anilines is 1. The van der Waals surface area contributed by atoms with Gasteiger partial charge in [0.2, 0.25) is 0 Å². The summed E-state index contributed by atoms with van der Waals surface area (Å²) in [6.07, 6.45) is 9.76. The summed E-state index contributed by atoms with van der Waals surface area (Å²) in [5, 5.41) is 8.10. The summed E-state index contributed by atoms with van der Waals surface area (Å²) in [5.41, 5.74) is 4.95. The summed E-state index contributed by atoms with van der Waals surface area (Å²) in [5.74, 6) is 0.475. The quantitative estimate of drug-likeness (QED) is 0.183. The topological polar surface area (TPSA) is 108 Å². The summed E-state index contributed by atoms with van der Waals surface area (Å²) < 4.78 is 7.61. The van der Waals surface area contributed by atoms with Crippen molar-refractivity contribution in [2.24, 2.45) is 0 Å². The second kappa shape index (κ2) is 12.4. The molecule has 4 aromatic rings. The number of carbonyl (C=O) groups excluding carboxylic acids is 1. The number of pyridine rings is 1. The molecule has 9 nitrogen and oxygen atoms in total. The van der Waals surface area contributed by atoms with Crippen molar-refractivity contribution < 1.29 is 9.53 Å². The Morgan fingerprint density at radius 2 is 1.97 bits per heavy atom. The maximum atomic E-state index is 12.9. The van der Waals surface area contributed by atoms with Crippen molar-refractivity contribution in [3.05, 3.63) is 88.1 Å². The van der Waals surface area contributed by atoms with Crippen molar-refractivity contribution in [1.82, 2.24) is 24.6 Å². The van der Waals surface area contributed by atoms with Gasteiger partial charge >= 0.3 is 0 Å². The number of nitrogens with one attached hydrogen (secondary N) is 3. The van der Waals surface area contributed by atoms with Crippen molar-refractivity contribution in [1.29, 1.82) is 0 Å². The van der Waals surface area contributed by atoms with Gasteiger partial charge in [-0.15, -0.1) is 0 Å². The number of allylic oxidation sites excluding steroid dienone is 4. The van der Waals surface area contributed by atoms with E-state index in [4.69, 9.17) is 4.74 Å². The van der Waals surface area contributed by atoms with Crippen LogP contribution in [0.3, 0.4) is 0 Å². The van der Waals surface area contributed by atoms with Gasteiger partial charge in [0.15, 0.2) is 0 Å². The Balaban J connectivity index is 1.46. The van der Waals surface area contributed by atoms with E-state index in [0.717, 1.165) is 35.2 Å². The first-order valence-corrected chi connectivity index (χ1v) is 13.0. The van der Waals surface area contributed by atoms with Crippen molar-refractivity contribution in [3.8, 4) is 17.0 Å². The first kappa shape index (κ1) is 27.7. The molecule has 0 aliphatic carbocycles. The number of hydrogen-bond donors (Lipinski definition) is 3. The van der Waals surface area contributed by atoms with Crippen molar-refractivity contribution in [2.45, 2.75) is 33.7 Å². The molecule has 1 amide bonds. The van der Waals surface area contributed by atoms with Crippen LogP contribution in [0.15, 0.2) is 77.0 Å². The van der Waals surface area contributed by atoms with Crippen LogP contribution in [0, 0.1) is 0 Å². The molecule has 0 spiro atoms. The fraction of sp³-hybridized carbons (Fsp3) is 0.300. The van der Waals surface area contributed by atoms with Crippen LogP contribution in [0.25, 0.3) is 22.2 Å². The van der Waals surface area contributed by atoms with Gasteiger partial charge in [-0.1, -0.05) is 23.3 Å². The van der Waals surface area contributed by atoms with Crippen LogP contribution < -0.4 is 15.6 Å². The van der Waals surface area contributed by atoms with Crippen LogP contribution >= 0.6 is 0 Å². The molecule has 4 rings (SSSR count). The van der Waals surface area contributed by atoms with E-state index in [1.807, 2.05) is 71.3 Å². The van der Waals surface area contributed by atoms with E-state index in [0.29, 0.717) is 35.7 Å². The first-order chi connectivity index (χ1) is 18.7. The van der Waals surface area contributed by atoms with Gasteiger partial charge in [-0.25, -0.2) is 0 Å². The number of aromatic nitrogens is 4. The highest BCUT2D eigenvalue weighted by molar-refractivity contribution is 6.04. The largest absolute Gasteiger partial charge is 0.494 e. The molecule has 0 aliphatic heterocycles. The van der Waals surface area contributed by atoms with Crippen molar-refractivity contribution >= 4 is 22.5 Å². The molecular formula is C30H36N6O3. The SMILES string of the molecule is CC(C)=C/C=C(\C)Cn1cc(C(=O)Nc2c[nH]c(=O)c(-c3cc4cc(OCCCN(C)C)ccc4[nH]3)c2)cn1. The molecule has 1 aromatic carbocycles. The van der Waals surface area contributed by atoms with Crippen LogP contribution in [-0.2, 0) is 6.54 Å². The van der Waals surface area contributed by atoms with Gasteiger partial charge < -0.3 is 24.9 Å². The van der Waals surface area contributed by atoms with Crippen LogP contribution in [0.1, 0.15) is 37.6 Å². The Bertz CT molecular complexity index is 1570.